The van der Waals surface area contributed by atoms with E-state index in [0.29, 0.717) is 5.95 Å². The molecule has 0 atom stereocenters. The van der Waals surface area contributed by atoms with Crippen LogP contribution >= 0.6 is 0 Å². The standard InChI is InChI=1S/C16H19N3O/c1-12-6-5-7-13(10-12)14-11-15(20)18-16(17-14)19-8-3-2-4-9-19/h5-7,10-11H,2-4,8-9H2,1H3,(H,17,18,20). The minimum Gasteiger partial charge on any atom is -0.342 e. The zero-order valence-corrected chi connectivity index (χ0v) is 11.7. The fraction of sp³-hybridized carbons (Fsp3) is 0.375. The summed E-state index contributed by atoms with van der Waals surface area (Å²) in [5.41, 5.74) is 2.83. The van der Waals surface area contributed by atoms with Crippen molar-refractivity contribution in [1.82, 2.24) is 9.97 Å². The minimum absolute atomic E-state index is 0.0860. The molecule has 104 valence electrons. The summed E-state index contributed by atoms with van der Waals surface area (Å²) in [5, 5.41) is 0. The number of hydrogen-bond acceptors (Lipinski definition) is 3. The van der Waals surface area contributed by atoms with Gasteiger partial charge in [-0.05, 0) is 32.3 Å². The van der Waals surface area contributed by atoms with Crippen molar-refractivity contribution in [3.8, 4) is 11.3 Å². The molecule has 0 spiro atoms. The average molecular weight is 269 g/mol. The molecular weight excluding hydrogens is 250 g/mol. The highest BCUT2D eigenvalue weighted by Crippen LogP contribution is 2.20. The largest absolute Gasteiger partial charge is 0.342 e. The maximum absolute atomic E-state index is 11.9. The number of hydrogen-bond donors (Lipinski definition) is 1. The van der Waals surface area contributed by atoms with Crippen molar-refractivity contribution in [2.24, 2.45) is 0 Å². The fourth-order valence-electron chi connectivity index (χ4n) is 2.65. The van der Waals surface area contributed by atoms with Crippen molar-refractivity contribution in [2.75, 3.05) is 18.0 Å². The molecule has 2 aromatic rings. The van der Waals surface area contributed by atoms with Gasteiger partial charge in [-0.15, -0.1) is 0 Å². The number of nitrogens with one attached hydrogen (secondary N) is 1. The molecule has 1 aromatic heterocycles. The summed E-state index contributed by atoms with van der Waals surface area (Å²) in [5.74, 6) is 0.703. The number of anilines is 1. The van der Waals surface area contributed by atoms with Gasteiger partial charge < -0.3 is 4.90 Å². The lowest BCUT2D eigenvalue weighted by Crippen LogP contribution is -2.32. The van der Waals surface area contributed by atoms with E-state index in [0.717, 1.165) is 24.3 Å². The van der Waals surface area contributed by atoms with Gasteiger partial charge in [0.2, 0.25) is 5.95 Å². The van der Waals surface area contributed by atoms with Gasteiger partial charge in [-0.1, -0.05) is 23.8 Å². The number of rotatable bonds is 2. The molecule has 0 unspecified atom stereocenters. The monoisotopic (exact) mass is 269 g/mol. The van der Waals surface area contributed by atoms with E-state index in [1.807, 2.05) is 25.1 Å². The second kappa shape index (κ2) is 5.49. The van der Waals surface area contributed by atoms with Crippen molar-refractivity contribution in [3.05, 3.63) is 46.2 Å². The molecule has 0 saturated carbocycles. The lowest BCUT2D eigenvalue weighted by Gasteiger charge is -2.27. The number of aryl methyl sites for hydroxylation is 1. The van der Waals surface area contributed by atoms with Crippen molar-refractivity contribution in [3.63, 3.8) is 0 Å². The van der Waals surface area contributed by atoms with Crippen molar-refractivity contribution in [2.45, 2.75) is 26.2 Å². The third-order valence-electron chi connectivity index (χ3n) is 3.70. The molecule has 1 aliphatic heterocycles. The van der Waals surface area contributed by atoms with E-state index in [1.165, 1.54) is 24.8 Å². The minimum atomic E-state index is -0.0860. The van der Waals surface area contributed by atoms with Crippen molar-refractivity contribution >= 4 is 5.95 Å². The molecule has 1 fully saturated rings. The van der Waals surface area contributed by atoms with Crippen LogP contribution in [-0.4, -0.2) is 23.1 Å². The smallest absolute Gasteiger partial charge is 0.252 e. The summed E-state index contributed by atoms with van der Waals surface area (Å²) in [6, 6.07) is 9.66. The maximum atomic E-state index is 11.9. The fourth-order valence-corrected chi connectivity index (χ4v) is 2.65. The van der Waals surface area contributed by atoms with Crippen LogP contribution in [0.2, 0.25) is 0 Å². The van der Waals surface area contributed by atoms with Crippen LogP contribution < -0.4 is 10.5 Å². The second-order valence-electron chi connectivity index (χ2n) is 5.37. The zero-order valence-electron chi connectivity index (χ0n) is 11.7. The Balaban J connectivity index is 2.00. The van der Waals surface area contributed by atoms with Crippen molar-refractivity contribution < 1.29 is 0 Å². The van der Waals surface area contributed by atoms with E-state index >= 15 is 0 Å². The first-order valence-electron chi connectivity index (χ1n) is 7.16. The van der Waals surface area contributed by atoms with Crippen LogP contribution in [0.3, 0.4) is 0 Å². The van der Waals surface area contributed by atoms with E-state index in [-0.39, 0.29) is 5.56 Å². The molecule has 0 bridgehead atoms. The number of piperidine rings is 1. The van der Waals surface area contributed by atoms with Crippen LogP contribution in [0.15, 0.2) is 35.1 Å². The molecule has 3 rings (SSSR count). The molecule has 1 N–H and O–H groups in total. The number of aromatic amines is 1. The lowest BCUT2D eigenvalue weighted by molar-refractivity contribution is 0.568. The van der Waals surface area contributed by atoms with Gasteiger partial charge in [-0.2, -0.15) is 0 Å². The van der Waals surface area contributed by atoms with E-state index in [9.17, 15) is 4.79 Å². The Morgan fingerprint density at radius 3 is 2.70 bits per heavy atom. The second-order valence-corrected chi connectivity index (χ2v) is 5.37. The summed E-state index contributed by atoms with van der Waals surface area (Å²) < 4.78 is 0. The van der Waals surface area contributed by atoms with Gasteiger partial charge in [0.05, 0.1) is 5.69 Å². The van der Waals surface area contributed by atoms with E-state index in [2.05, 4.69) is 20.9 Å². The Labute approximate surface area is 118 Å². The van der Waals surface area contributed by atoms with Gasteiger partial charge in [0, 0.05) is 24.7 Å². The summed E-state index contributed by atoms with van der Waals surface area (Å²) >= 11 is 0. The molecule has 1 saturated heterocycles. The Morgan fingerprint density at radius 1 is 1.15 bits per heavy atom. The molecule has 2 heterocycles. The van der Waals surface area contributed by atoms with E-state index in [1.54, 1.807) is 6.07 Å². The predicted octanol–water partition coefficient (Wildman–Crippen LogP) is 2.74. The molecule has 0 aliphatic carbocycles. The zero-order chi connectivity index (χ0) is 13.9. The van der Waals surface area contributed by atoms with E-state index in [4.69, 9.17) is 0 Å². The maximum Gasteiger partial charge on any atom is 0.252 e. The lowest BCUT2D eigenvalue weighted by atomic mass is 10.1. The third kappa shape index (κ3) is 2.74. The first-order valence-corrected chi connectivity index (χ1v) is 7.16. The number of aromatic nitrogens is 2. The summed E-state index contributed by atoms with van der Waals surface area (Å²) in [6.45, 7) is 3.99. The van der Waals surface area contributed by atoms with Crippen LogP contribution in [-0.2, 0) is 0 Å². The third-order valence-corrected chi connectivity index (χ3v) is 3.70. The topological polar surface area (TPSA) is 49.0 Å². The van der Waals surface area contributed by atoms with Gasteiger partial charge in [0.25, 0.3) is 5.56 Å². The number of H-pyrrole nitrogens is 1. The highest BCUT2D eigenvalue weighted by atomic mass is 16.1. The van der Waals surface area contributed by atoms with Crippen LogP contribution in [0.4, 0.5) is 5.95 Å². The Morgan fingerprint density at radius 2 is 1.95 bits per heavy atom. The van der Waals surface area contributed by atoms with Crippen LogP contribution in [0.5, 0.6) is 0 Å². The molecule has 0 amide bonds. The van der Waals surface area contributed by atoms with Gasteiger partial charge in [0.15, 0.2) is 0 Å². The molecule has 1 aromatic carbocycles. The van der Waals surface area contributed by atoms with Crippen molar-refractivity contribution in [1.29, 1.82) is 0 Å². The first kappa shape index (κ1) is 12.9. The molecule has 4 nitrogen and oxygen atoms in total. The highest BCUT2D eigenvalue weighted by molar-refractivity contribution is 5.61. The van der Waals surface area contributed by atoms with Crippen LogP contribution in [0.1, 0.15) is 24.8 Å². The van der Waals surface area contributed by atoms with Gasteiger partial charge in [-0.3, -0.25) is 9.78 Å². The summed E-state index contributed by atoms with van der Waals surface area (Å²) in [4.78, 5) is 21.6. The van der Waals surface area contributed by atoms with Crippen LogP contribution in [0, 0.1) is 6.92 Å². The van der Waals surface area contributed by atoms with E-state index < -0.39 is 0 Å². The highest BCUT2D eigenvalue weighted by Gasteiger charge is 2.14. The molecule has 4 heteroatoms. The van der Waals surface area contributed by atoms with Crippen LogP contribution in [0.25, 0.3) is 11.3 Å². The first-order chi connectivity index (χ1) is 9.72. The number of benzene rings is 1. The Kier molecular flexibility index (Phi) is 3.54. The molecular formula is C16H19N3O. The molecule has 0 radical (unpaired) electrons. The average Bonchev–Trinajstić information content (AvgIpc) is 2.47. The Hall–Kier alpha value is -2.10. The molecule has 20 heavy (non-hydrogen) atoms. The molecule has 1 aliphatic rings. The normalized spacial score (nSPS) is 15.3. The number of nitrogens with zero attached hydrogens (tertiary/aromatic N) is 2. The van der Waals surface area contributed by atoms with Gasteiger partial charge >= 0.3 is 0 Å². The summed E-state index contributed by atoms with van der Waals surface area (Å²) in [6.07, 6.45) is 3.59. The van der Waals surface area contributed by atoms with Gasteiger partial charge in [-0.25, -0.2) is 4.98 Å². The summed E-state index contributed by atoms with van der Waals surface area (Å²) in [7, 11) is 0. The quantitative estimate of drug-likeness (QED) is 0.912. The SMILES string of the molecule is Cc1cccc(-c2cc(=O)[nH]c(N3CCCCC3)n2)c1. The Bertz CT molecular complexity index is 657. The predicted molar refractivity (Wildman–Crippen MR) is 81.1 cm³/mol. The van der Waals surface area contributed by atoms with Gasteiger partial charge in [0.1, 0.15) is 0 Å².